The number of nitrogens with zero attached hydrogens (tertiary/aromatic N) is 2. The summed E-state index contributed by atoms with van der Waals surface area (Å²) in [5.74, 6) is 0.00940. The second-order valence-corrected chi connectivity index (χ2v) is 5.59. The quantitative estimate of drug-likeness (QED) is 0.761. The third-order valence-corrected chi connectivity index (χ3v) is 4.15. The molecule has 0 aromatic heterocycles. The highest BCUT2D eigenvalue weighted by molar-refractivity contribution is 7.99. The molecule has 0 saturated carbocycles. The minimum Gasteiger partial charge on any atom is -0.480 e. The molecule has 2 unspecified atom stereocenters. The zero-order valence-corrected chi connectivity index (χ0v) is 11.2. The summed E-state index contributed by atoms with van der Waals surface area (Å²) < 4.78 is 5.49. The molecule has 2 aliphatic heterocycles. The van der Waals surface area contributed by atoms with Gasteiger partial charge in [-0.2, -0.15) is 0 Å². The Kier molecular flexibility index (Phi) is 4.34. The van der Waals surface area contributed by atoms with Crippen LogP contribution in [0, 0.1) is 0 Å². The molecule has 0 aliphatic carbocycles. The van der Waals surface area contributed by atoms with E-state index < -0.39 is 12.0 Å². The average Bonchev–Trinajstić information content (AvgIpc) is 2.72. The van der Waals surface area contributed by atoms with Gasteiger partial charge in [0.2, 0.25) is 0 Å². The first-order chi connectivity index (χ1) is 8.59. The fraction of sp³-hybridized carbons (Fsp3) is 0.818. The van der Waals surface area contributed by atoms with Gasteiger partial charge in [0.1, 0.15) is 6.04 Å². The highest BCUT2D eigenvalue weighted by atomic mass is 32.2. The van der Waals surface area contributed by atoms with Crippen molar-refractivity contribution in [3.8, 4) is 0 Å². The fourth-order valence-corrected chi connectivity index (χ4v) is 3.32. The smallest absolute Gasteiger partial charge is 0.327 e. The molecule has 18 heavy (non-hydrogen) atoms. The van der Waals surface area contributed by atoms with Crippen LogP contribution in [-0.2, 0) is 9.53 Å². The number of thioether (sulfide) groups is 1. The molecule has 0 aromatic rings. The molecule has 2 fully saturated rings. The second-order valence-electron chi connectivity index (χ2n) is 4.59. The number of urea groups is 1. The molecular formula is C11H18N2O4S. The van der Waals surface area contributed by atoms with Crippen LogP contribution in [-0.4, -0.2) is 70.4 Å². The Bertz CT molecular complexity index is 339. The molecule has 0 radical (unpaired) electrons. The topological polar surface area (TPSA) is 70.1 Å². The van der Waals surface area contributed by atoms with Crippen LogP contribution in [0.5, 0.6) is 0 Å². The molecule has 0 aromatic carbocycles. The first-order valence-electron chi connectivity index (χ1n) is 6.07. The van der Waals surface area contributed by atoms with Crippen LogP contribution >= 0.6 is 11.8 Å². The number of carboxylic acids is 1. The summed E-state index contributed by atoms with van der Waals surface area (Å²) in [4.78, 5) is 26.6. The van der Waals surface area contributed by atoms with E-state index in [4.69, 9.17) is 9.84 Å². The van der Waals surface area contributed by atoms with E-state index in [1.807, 2.05) is 6.92 Å². The molecule has 102 valence electrons. The lowest BCUT2D eigenvalue weighted by atomic mass is 10.3. The predicted octanol–water partition coefficient (Wildman–Crippen LogP) is 0.677. The summed E-state index contributed by atoms with van der Waals surface area (Å²) in [5, 5.41) is 9.09. The molecule has 2 saturated heterocycles. The van der Waals surface area contributed by atoms with Crippen LogP contribution in [0.3, 0.4) is 0 Å². The molecule has 1 N–H and O–H groups in total. The number of hydrogen-bond donors (Lipinski definition) is 1. The molecule has 2 atom stereocenters. The maximum atomic E-state index is 12.3. The summed E-state index contributed by atoms with van der Waals surface area (Å²) in [6, 6.07) is -0.869. The number of carbonyl (C=O) groups excluding carboxylic acids is 1. The van der Waals surface area contributed by atoms with Crippen LogP contribution in [0.15, 0.2) is 0 Å². The third kappa shape index (κ3) is 2.89. The van der Waals surface area contributed by atoms with Gasteiger partial charge >= 0.3 is 12.0 Å². The highest BCUT2D eigenvalue weighted by Crippen LogP contribution is 2.23. The van der Waals surface area contributed by atoms with Crippen molar-refractivity contribution in [2.75, 3.05) is 31.3 Å². The first-order valence-corrected chi connectivity index (χ1v) is 7.22. The summed E-state index contributed by atoms with van der Waals surface area (Å²) in [6.07, 6.45) is 0.810. The van der Waals surface area contributed by atoms with E-state index in [9.17, 15) is 9.59 Å². The van der Waals surface area contributed by atoms with Gasteiger partial charge in [0.25, 0.3) is 0 Å². The Balaban J connectivity index is 2.03. The molecule has 2 amide bonds. The lowest BCUT2D eigenvalue weighted by Gasteiger charge is -2.29. The van der Waals surface area contributed by atoms with E-state index in [-0.39, 0.29) is 12.1 Å². The SMILES string of the molecule is CC1CN(C(=O)N2CSCC2C(=O)O)CCCO1. The standard InChI is InChI=1S/C11H18N2O4S/c1-8-5-12(3-2-4-17-8)11(16)13-7-18-6-9(13)10(14)15/h8-9H,2-7H2,1H3,(H,14,15). The Morgan fingerprint density at radius 1 is 1.44 bits per heavy atom. The summed E-state index contributed by atoms with van der Waals surface area (Å²) in [7, 11) is 0. The zero-order valence-electron chi connectivity index (χ0n) is 10.4. The van der Waals surface area contributed by atoms with Crippen LogP contribution in [0.4, 0.5) is 4.79 Å². The highest BCUT2D eigenvalue weighted by Gasteiger charge is 2.37. The van der Waals surface area contributed by atoms with Crippen molar-refractivity contribution in [2.45, 2.75) is 25.5 Å². The van der Waals surface area contributed by atoms with E-state index in [0.717, 1.165) is 6.42 Å². The summed E-state index contributed by atoms with van der Waals surface area (Å²) in [5.41, 5.74) is 0. The fourth-order valence-electron chi connectivity index (χ4n) is 2.19. The van der Waals surface area contributed by atoms with Crippen LogP contribution in [0.1, 0.15) is 13.3 Å². The van der Waals surface area contributed by atoms with Gasteiger partial charge in [-0.25, -0.2) is 9.59 Å². The number of amides is 2. The lowest BCUT2D eigenvalue weighted by molar-refractivity contribution is -0.140. The zero-order chi connectivity index (χ0) is 13.1. The first kappa shape index (κ1) is 13.5. The van der Waals surface area contributed by atoms with Crippen LogP contribution in [0.25, 0.3) is 0 Å². The van der Waals surface area contributed by atoms with Crippen molar-refractivity contribution in [1.29, 1.82) is 0 Å². The molecule has 2 rings (SSSR count). The van der Waals surface area contributed by atoms with Gasteiger partial charge in [0, 0.05) is 25.4 Å². The number of hydrogen-bond acceptors (Lipinski definition) is 4. The number of ether oxygens (including phenoxy) is 1. The summed E-state index contributed by atoms with van der Waals surface area (Å²) in [6.45, 7) is 3.75. The second kappa shape index (κ2) is 5.79. The maximum absolute atomic E-state index is 12.3. The maximum Gasteiger partial charge on any atom is 0.327 e. The normalized spacial score (nSPS) is 29.2. The largest absolute Gasteiger partial charge is 0.480 e. The van der Waals surface area contributed by atoms with Gasteiger partial charge in [-0.3, -0.25) is 0 Å². The molecule has 6 nitrogen and oxygen atoms in total. The van der Waals surface area contributed by atoms with Gasteiger partial charge < -0.3 is 19.6 Å². The Morgan fingerprint density at radius 2 is 2.22 bits per heavy atom. The molecule has 0 spiro atoms. The molecule has 0 bridgehead atoms. The van der Waals surface area contributed by atoms with Gasteiger partial charge in [-0.1, -0.05) is 0 Å². The van der Waals surface area contributed by atoms with Crippen molar-refractivity contribution in [1.82, 2.24) is 9.80 Å². The average molecular weight is 274 g/mol. The number of carboxylic acid groups (broad SMARTS) is 1. The van der Waals surface area contributed by atoms with E-state index >= 15 is 0 Å². The summed E-state index contributed by atoms with van der Waals surface area (Å²) >= 11 is 1.48. The van der Waals surface area contributed by atoms with E-state index in [1.54, 1.807) is 4.90 Å². The van der Waals surface area contributed by atoms with Gasteiger partial charge in [0.15, 0.2) is 0 Å². The van der Waals surface area contributed by atoms with E-state index in [1.165, 1.54) is 16.7 Å². The minimum absolute atomic E-state index is 0.00924. The van der Waals surface area contributed by atoms with Gasteiger partial charge in [-0.05, 0) is 13.3 Å². The van der Waals surface area contributed by atoms with Crippen LogP contribution < -0.4 is 0 Å². The Morgan fingerprint density at radius 3 is 2.94 bits per heavy atom. The number of rotatable bonds is 1. The lowest BCUT2D eigenvalue weighted by Crippen LogP contribution is -2.50. The number of carbonyl (C=O) groups is 2. The monoisotopic (exact) mass is 274 g/mol. The van der Waals surface area contributed by atoms with Crippen LogP contribution in [0.2, 0.25) is 0 Å². The van der Waals surface area contributed by atoms with E-state index in [0.29, 0.717) is 31.3 Å². The Labute approximate surface area is 110 Å². The van der Waals surface area contributed by atoms with Crippen molar-refractivity contribution in [3.05, 3.63) is 0 Å². The molecule has 2 heterocycles. The van der Waals surface area contributed by atoms with Crippen molar-refractivity contribution >= 4 is 23.8 Å². The number of aliphatic carboxylic acids is 1. The molecule has 7 heteroatoms. The van der Waals surface area contributed by atoms with Crippen molar-refractivity contribution < 1.29 is 19.4 Å². The van der Waals surface area contributed by atoms with Crippen molar-refractivity contribution in [3.63, 3.8) is 0 Å². The van der Waals surface area contributed by atoms with Crippen molar-refractivity contribution in [2.24, 2.45) is 0 Å². The van der Waals surface area contributed by atoms with Gasteiger partial charge in [0.05, 0.1) is 12.0 Å². The minimum atomic E-state index is -0.924. The Hall–Kier alpha value is -0.950. The predicted molar refractivity (Wildman–Crippen MR) is 67.6 cm³/mol. The third-order valence-electron chi connectivity index (χ3n) is 3.14. The van der Waals surface area contributed by atoms with E-state index in [2.05, 4.69) is 0 Å². The molecule has 2 aliphatic rings. The molecular weight excluding hydrogens is 256 g/mol. The van der Waals surface area contributed by atoms with Gasteiger partial charge in [-0.15, -0.1) is 11.8 Å².